The van der Waals surface area contributed by atoms with Gasteiger partial charge in [0.05, 0.1) is 31.8 Å². The zero-order valence-corrected chi connectivity index (χ0v) is 17.5. The third-order valence-corrected chi connectivity index (χ3v) is 4.23. The number of ether oxygens (including phenoxy) is 3. The van der Waals surface area contributed by atoms with Crippen molar-refractivity contribution in [1.82, 2.24) is 0 Å². The fraction of sp³-hybridized carbons (Fsp3) is 0.318. The van der Waals surface area contributed by atoms with Gasteiger partial charge in [0.25, 0.3) is 5.69 Å². The molecule has 0 saturated carbocycles. The van der Waals surface area contributed by atoms with Crippen LogP contribution >= 0.6 is 0 Å². The maximum absolute atomic E-state index is 12.2. The molecule has 30 heavy (non-hydrogen) atoms. The molecule has 0 saturated heterocycles. The molecular weight excluding hydrogens is 388 g/mol. The Bertz CT molecular complexity index is 924. The van der Waals surface area contributed by atoms with E-state index in [-0.39, 0.29) is 11.4 Å². The molecule has 0 aliphatic heterocycles. The van der Waals surface area contributed by atoms with Crippen molar-refractivity contribution >= 4 is 23.4 Å². The SMILES string of the molecule is COc1ccc(NC(=O)/C=C/c2ccc(OCCC(C)C)c(OC)c2)c([N+](=O)[O-])c1. The van der Waals surface area contributed by atoms with Gasteiger partial charge in [-0.15, -0.1) is 0 Å². The first-order valence-corrected chi connectivity index (χ1v) is 9.46. The van der Waals surface area contributed by atoms with Crippen molar-refractivity contribution in [2.45, 2.75) is 20.3 Å². The van der Waals surface area contributed by atoms with Crippen LogP contribution in [0.4, 0.5) is 11.4 Å². The fourth-order valence-electron chi connectivity index (χ4n) is 2.55. The van der Waals surface area contributed by atoms with Crippen LogP contribution in [0.15, 0.2) is 42.5 Å². The molecule has 2 aromatic carbocycles. The maximum Gasteiger partial charge on any atom is 0.296 e. The van der Waals surface area contributed by atoms with Crippen molar-refractivity contribution < 1.29 is 23.9 Å². The molecule has 2 rings (SSSR count). The Hall–Kier alpha value is -3.55. The number of carbonyl (C=O) groups excluding carboxylic acids is 1. The predicted octanol–water partition coefficient (Wildman–Crippen LogP) is 4.69. The van der Waals surface area contributed by atoms with E-state index in [4.69, 9.17) is 14.2 Å². The number of nitro benzene ring substituents is 1. The highest BCUT2D eigenvalue weighted by molar-refractivity contribution is 6.03. The Morgan fingerprint density at radius 2 is 1.90 bits per heavy atom. The summed E-state index contributed by atoms with van der Waals surface area (Å²) < 4.78 is 16.1. The van der Waals surface area contributed by atoms with Crippen LogP contribution in [-0.2, 0) is 4.79 Å². The van der Waals surface area contributed by atoms with E-state index in [1.807, 2.05) is 0 Å². The average molecular weight is 414 g/mol. The van der Waals surface area contributed by atoms with E-state index in [1.54, 1.807) is 31.4 Å². The van der Waals surface area contributed by atoms with E-state index in [0.29, 0.717) is 29.8 Å². The molecule has 160 valence electrons. The zero-order chi connectivity index (χ0) is 22.1. The number of nitrogens with zero attached hydrogens (tertiary/aromatic N) is 1. The second-order valence-corrected chi connectivity index (χ2v) is 6.90. The normalized spacial score (nSPS) is 10.8. The summed E-state index contributed by atoms with van der Waals surface area (Å²) in [6, 6.07) is 9.55. The molecule has 0 fully saturated rings. The number of benzene rings is 2. The summed E-state index contributed by atoms with van der Waals surface area (Å²) in [7, 11) is 2.96. The number of amides is 1. The Kier molecular flexibility index (Phi) is 8.22. The van der Waals surface area contributed by atoms with Crippen LogP contribution in [0.1, 0.15) is 25.8 Å². The lowest BCUT2D eigenvalue weighted by Crippen LogP contribution is -2.09. The van der Waals surface area contributed by atoms with Crippen molar-refractivity contribution in [3.8, 4) is 17.2 Å². The lowest BCUT2D eigenvalue weighted by molar-refractivity contribution is -0.384. The van der Waals surface area contributed by atoms with Crippen LogP contribution in [0.5, 0.6) is 17.2 Å². The third-order valence-electron chi connectivity index (χ3n) is 4.23. The first kappa shape index (κ1) is 22.7. The van der Waals surface area contributed by atoms with E-state index in [9.17, 15) is 14.9 Å². The zero-order valence-electron chi connectivity index (χ0n) is 17.5. The lowest BCUT2D eigenvalue weighted by atomic mass is 10.1. The first-order chi connectivity index (χ1) is 14.3. The molecule has 0 heterocycles. The molecule has 0 aliphatic carbocycles. The average Bonchev–Trinajstić information content (AvgIpc) is 2.72. The van der Waals surface area contributed by atoms with Gasteiger partial charge in [-0.3, -0.25) is 14.9 Å². The fourth-order valence-corrected chi connectivity index (χ4v) is 2.55. The van der Waals surface area contributed by atoms with Gasteiger partial charge in [-0.2, -0.15) is 0 Å². The van der Waals surface area contributed by atoms with Crippen molar-refractivity contribution in [2.24, 2.45) is 5.92 Å². The number of nitro groups is 1. The topological polar surface area (TPSA) is 99.9 Å². The van der Waals surface area contributed by atoms with E-state index < -0.39 is 10.8 Å². The molecule has 1 amide bonds. The summed E-state index contributed by atoms with van der Waals surface area (Å²) in [5.41, 5.74) is 0.560. The highest BCUT2D eigenvalue weighted by atomic mass is 16.6. The number of rotatable bonds is 10. The Morgan fingerprint density at radius 3 is 2.53 bits per heavy atom. The molecule has 0 bridgehead atoms. The van der Waals surface area contributed by atoms with E-state index in [1.165, 1.54) is 31.4 Å². The smallest absolute Gasteiger partial charge is 0.296 e. The summed E-state index contributed by atoms with van der Waals surface area (Å²) in [4.78, 5) is 22.9. The molecule has 8 heteroatoms. The number of anilines is 1. The number of methoxy groups -OCH3 is 2. The molecular formula is C22H26N2O6. The lowest BCUT2D eigenvalue weighted by Gasteiger charge is -2.12. The summed E-state index contributed by atoms with van der Waals surface area (Å²) in [5, 5.41) is 13.7. The van der Waals surface area contributed by atoms with Crippen molar-refractivity contribution in [1.29, 1.82) is 0 Å². The van der Waals surface area contributed by atoms with Gasteiger partial charge in [0, 0.05) is 6.08 Å². The number of carbonyl (C=O) groups is 1. The molecule has 0 aliphatic rings. The van der Waals surface area contributed by atoms with Crippen LogP contribution in [0.3, 0.4) is 0 Å². The molecule has 2 aromatic rings. The van der Waals surface area contributed by atoms with E-state index in [2.05, 4.69) is 19.2 Å². The van der Waals surface area contributed by atoms with Crippen LogP contribution in [0, 0.1) is 16.0 Å². The first-order valence-electron chi connectivity index (χ1n) is 9.46. The second-order valence-electron chi connectivity index (χ2n) is 6.90. The summed E-state index contributed by atoms with van der Waals surface area (Å²) in [6.45, 7) is 4.84. The van der Waals surface area contributed by atoms with Gasteiger partial charge in [-0.05, 0) is 48.2 Å². The number of hydrogen-bond acceptors (Lipinski definition) is 6. The molecule has 0 atom stereocenters. The van der Waals surface area contributed by atoms with Crippen LogP contribution < -0.4 is 19.5 Å². The van der Waals surface area contributed by atoms with Crippen molar-refractivity contribution in [2.75, 3.05) is 26.1 Å². The Balaban J connectivity index is 2.08. The molecule has 0 radical (unpaired) electrons. The second kappa shape index (κ2) is 10.8. The van der Waals surface area contributed by atoms with Gasteiger partial charge >= 0.3 is 0 Å². The highest BCUT2D eigenvalue weighted by Crippen LogP contribution is 2.30. The summed E-state index contributed by atoms with van der Waals surface area (Å²) in [5.74, 6) is 1.57. The van der Waals surface area contributed by atoms with Crippen LogP contribution in [-0.4, -0.2) is 31.7 Å². The van der Waals surface area contributed by atoms with Gasteiger partial charge < -0.3 is 19.5 Å². The van der Waals surface area contributed by atoms with Gasteiger partial charge in [0.1, 0.15) is 11.4 Å². The minimum atomic E-state index is -0.579. The standard InChI is InChI=1S/C22H26N2O6/c1-15(2)11-12-30-20-9-5-16(13-21(20)29-4)6-10-22(25)23-18-8-7-17(28-3)14-19(18)24(26)27/h5-10,13-15H,11-12H2,1-4H3,(H,23,25)/b10-6+. The van der Waals surface area contributed by atoms with Crippen molar-refractivity contribution in [3.05, 3.63) is 58.2 Å². The predicted molar refractivity (Wildman–Crippen MR) is 115 cm³/mol. The van der Waals surface area contributed by atoms with Gasteiger partial charge in [-0.1, -0.05) is 19.9 Å². The Labute approximate surface area is 175 Å². The van der Waals surface area contributed by atoms with Crippen LogP contribution in [0.25, 0.3) is 6.08 Å². The highest BCUT2D eigenvalue weighted by Gasteiger charge is 2.16. The largest absolute Gasteiger partial charge is 0.496 e. The molecule has 0 aromatic heterocycles. The summed E-state index contributed by atoms with van der Waals surface area (Å²) >= 11 is 0. The quantitative estimate of drug-likeness (QED) is 0.344. The van der Waals surface area contributed by atoms with Gasteiger partial charge in [-0.25, -0.2) is 0 Å². The molecule has 0 unspecified atom stereocenters. The van der Waals surface area contributed by atoms with Gasteiger partial charge in [0.2, 0.25) is 5.91 Å². The molecule has 1 N–H and O–H groups in total. The molecule has 8 nitrogen and oxygen atoms in total. The minimum Gasteiger partial charge on any atom is -0.496 e. The Morgan fingerprint density at radius 1 is 1.13 bits per heavy atom. The van der Waals surface area contributed by atoms with Crippen LogP contribution in [0.2, 0.25) is 0 Å². The van der Waals surface area contributed by atoms with E-state index >= 15 is 0 Å². The third kappa shape index (κ3) is 6.51. The molecule has 0 spiro atoms. The minimum absolute atomic E-state index is 0.0851. The van der Waals surface area contributed by atoms with E-state index in [0.717, 1.165) is 12.0 Å². The monoisotopic (exact) mass is 414 g/mol. The van der Waals surface area contributed by atoms with Crippen molar-refractivity contribution in [3.63, 3.8) is 0 Å². The number of nitrogens with one attached hydrogen (secondary N) is 1. The van der Waals surface area contributed by atoms with Gasteiger partial charge in [0.15, 0.2) is 11.5 Å². The summed E-state index contributed by atoms with van der Waals surface area (Å²) in [6.07, 6.45) is 3.82. The maximum atomic E-state index is 12.2. The number of hydrogen-bond donors (Lipinski definition) is 1.